The van der Waals surface area contributed by atoms with E-state index in [9.17, 15) is 4.79 Å². The number of imidazole rings is 1. The average molecular weight is 380 g/mol. The van der Waals surface area contributed by atoms with E-state index >= 15 is 0 Å². The third-order valence-electron chi connectivity index (χ3n) is 4.49. The minimum Gasteiger partial charge on any atom is -0.497 e. The number of amides is 1. The summed E-state index contributed by atoms with van der Waals surface area (Å²) in [4.78, 5) is 21.2. The summed E-state index contributed by atoms with van der Waals surface area (Å²) in [6, 6.07) is 8.96. The van der Waals surface area contributed by atoms with E-state index in [1.54, 1.807) is 38.9 Å². The van der Waals surface area contributed by atoms with Gasteiger partial charge in [0, 0.05) is 44.3 Å². The summed E-state index contributed by atoms with van der Waals surface area (Å²) in [5.41, 5.74) is 1.86. The zero-order chi connectivity index (χ0) is 19.9. The molecular formula is C21H24N4O3. The maximum atomic E-state index is 12.7. The minimum absolute atomic E-state index is 0.0707. The van der Waals surface area contributed by atoms with E-state index in [1.165, 1.54) is 0 Å². The van der Waals surface area contributed by atoms with Crippen LogP contribution in [0, 0.1) is 0 Å². The second kappa shape index (κ2) is 9.03. The molecule has 28 heavy (non-hydrogen) atoms. The van der Waals surface area contributed by atoms with Gasteiger partial charge in [-0.15, -0.1) is 0 Å². The Morgan fingerprint density at radius 3 is 2.50 bits per heavy atom. The molecule has 0 fully saturated rings. The Kier molecular flexibility index (Phi) is 6.26. The summed E-state index contributed by atoms with van der Waals surface area (Å²) >= 11 is 0. The Labute approximate surface area is 164 Å². The highest BCUT2D eigenvalue weighted by atomic mass is 16.5. The number of carbonyl (C=O) groups is 1. The molecule has 1 unspecified atom stereocenters. The number of ether oxygens (including phenoxy) is 2. The Balaban J connectivity index is 1.84. The van der Waals surface area contributed by atoms with Crippen molar-refractivity contribution in [2.75, 3.05) is 14.2 Å². The smallest absolute Gasteiger partial charge is 0.221 e. The molecule has 7 nitrogen and oxygen atoms in total. The van der Waals surface area contributed by atoms with Crippen molar-refractivity contribution in [1.82, 2.24) is 19.9 Å². The number of nitrogens with zero attached hydrogens (tertiary/aromatic N) is 3. The number of methoxy groups -OCH3 is 2. The van der Waals surface area contributed by atoms with Crippen LogP contribution >= 0.6 is 0 Å². The predicted molar refractivity (Wildman–Crippen MR) is 105 cm³/mol. The van der Waals surface area contributed by atoms with Crippen molar-refractivity contribution in [3.63, 3.8) is 0 Å². The van der Waals surface area contributed by atoms with Gasteiger partial charge >= 0.3 is 0 Å². The number of hydrogen-bond acceptors (Lipinski definition) is 5. The number of aromatic nitrogens is 3. The molecule has 0 bridgehead atoms. The standard InChI is InChI=1S/C21H24N4O3/c1-25-10-9-23-21(25)20(16-11-17(27-2)13-18(12-16)28-3)24-19(26)7-6-15-5-4-8-22-14-15/h4-5,8-14,20H,6-7H2,1-3H3,(H,24,26). The Bertz CT molecular complexity index is 902. The summed E-state index contributed by atoms with van der Waals surface area (Å²) in [6.07, 6.45) is 8.03. The average Bonchev–Trinajstić information content (AvgIpc) is 3.16. The third-order valence-corrected chi connectivity index (χ3v) is 4.49. The van der Waals surface area contributed by atoms with E-state index in [2.05, 4.69) is 15.3 Å². The van der Waals surface area contributed by atoms with Crippen LogP contribution < -0.4 is 14.8 Å². The SMILES string of the molecule is COc1cc(OC)cc(C(NC(=O)CCc2cccnc2)c2nccn2C)c1. The molecule has 1 atom stereocenters. The van der Waals surface area contributed by atoms with E-state index in [4.69, 9.17) is 9.47 Å². The van der Waals surface area contributed by atoms with Gasteiger partial charge in [0.1, 0.15) is 23.4 Å². The van der Waals surface area contributed by atoms with Gasteiger partial charge in [0.05, 0.1) is 14.2 Å². The zero-order valence-electron chi connectivity index (χ0n) is 16.3. The van der Waals surface area contributed by atoms with Crippen LogP contribution in [-0.4, -0.2) is 34.7 Å². The van der Waals surface area contributed by atoms with E-state index in [0.717, 1.165) is 17.0 Å². The Morgan fingerprint density at radius 1 is 1.18 bits per heavy atom. The summed E-state index contributed by atoms with van der Waals surface area (Å²) in [7, 11) is 5.09. The van der Waals surface area contributed by atoms with E-state index in [-0.39, 0.29) is 5.91 Å². The fraction of sp³-hybridized carbons (Fsp3) is 0.286. The molecule has 146 valence electrons. The van der Waals surface area contributed by atoms with Crippen LogP contribution in [0.2, 0.25) is 0 Å². The molecule has 0 aliphatic rings. The topological polar surface area (TPSA) is 78.3 Å². The lowest BCUT2D eigenvalue weighted by molar-refractivity contribution is -0.121. The molecule has 1 N–H and O–H groups in total. The largest absolute Gasteiger partial charge is 0.497 e. The molecule has 1 aromatic carbocycles. The highest BCUT2D eigenvalue weighted by Gasteiger charge is 2.22. The van der Waals surface area contributed by atoms with E-state index in [0.29, 0.717) is 24.3 Å². The van der Waals surface area contributed by atoms with Gasteiger partial charge in [0.15, 0.2) is 0 Å². The second-order valence-electron chi connectivity index (χ2n) is 6.40. The maximum absolute atomic E-state index is 12.7. The van der Waals surface area contributed by atoms with Crippen LogP contribution in [0.3, 0.4) is 0 Å². The highest BCUT2D eigenvalue weighted by molar-refractivity contribution is 5.77. The van der Waals surface area contributed by atoms with Crippen molar-refractivity contribution in [2.24, 2.45) is 7.05 Å². The lowest BCUT2D eigenvalue weighted by atomic mass is 10.0. The summed E-state index contributed by atoms with van der Waals surface area (Å²) in [6.45, 7) is 0. The van der Waals surface area contributed by atoms with Crippen LogP contribution in [0.5, 0.6) is 11.5 Å². The van der Waals surface area contributed by atoms with Crippen LogP contribution in [-0.2, 0) is 18.3 Å². The Morgan fingerprint density at radius 2 is 1.93 bits per heavy atom. The number of benzene rings is 1. The normalized spacial score (nSPS) is 11.7. The summed E-state index contributed by atoms with van der Waals surface area (Å²) < 4.78 is 12.6. The number of rotatable bonds is 8. The molecule has 0 aliphatic carbocycles. The van der Waals surface area contributed by atoms with Crippen molar-refractivity contribution < 1.29 is 14.3 Å². The van der Waals surface area contributed by atoms with Gasteiger partial charge in [-0.25, -0.2) is 4.98 Å². The monoisotopic (exact) mass is 380 g/mol. The van der Waals surface area contributed by atoms with Crippen LogP contribution in [0.1, 0.15) is 29.4 Å². The third kappa shape index (κ3) is 4.68. The fourth-order valence-electron chi connectivity index (χ4n) is 2.99. The quantitative estimate of drug-likeness (QED) is 0.650. The van der Waals surface area contributed by atoms with Gasteiger partial charge < -0.3 is 19.4 Å². The van der Waals surface area contributed by atoms with Crippen molar-refractivity contribution in [3.8, 4) is 11.5 Å². The first kappa shape index (κ1) is 19.4. The predicted octanol–water partition coefficient (Wildman–Crippen LogP) is 2.67. The number of nitrogens with one attached hydrogen (secondary N) is 1. The molecule has 0 saturated carbocycles. The van der Waals surface area contributed by atoms with Crippen molar-refractivity contribution in [1.29, 1.82) is 0 Å². The molecule has 0 aliphatic heterocycles. The van der Waals surface area contributed by atoms with Crippen molar-refractivity contribution in [2.45, 2.75) is 18.9 Å². The van der Waals surface area contributed by atoms with Gasteiger partial charge in [0.2, 0.25) is 5.91 Å². The summed E-state index contributed by atoms with van der Waals surface area (Å²) in [5.74, 6) is 1.96. The van der Waals surface area contributed by atoms with Gasteiger partial charge in [-0.05, 0) is 35.7 Å². The minimum atomic E-state index is -0.426. The number of aryl methyl sites for hydroxylation is 2. The lowest BCUT2D eigenvalue weighted by Crippen LogP contribution is -2.31. The van der Waals surface area contributed by atoms with Gasteiger partial charge in [-0.1, -0.05) is 6.07 Å². The molecule has 2 aromatic heterocycles. The van der Waals surface area contributed by atoms with Crippen molar-refractivity contribution >= 4 is 5.91 Å². The molecule has 2 heterocycles. The molecular weight excluding hydrogens is 356 g/mol. The molecule has 1 amide bonds. The lowest BCUT2D eigenvalue weighted by Gasteiger charge is -2.20. The maximum Gasteiger partial charge on any atom is 0.221 e. The molecule has 0 saturated heterocycles. The molecule has 3 rings (SSSR count). The first-order valence-corrected chi connectivity index (χ1v) is 8.99. The van der Waals surface area contributed by atoms with Gasteiger partial charge in [-0.3, -0.25) is 9.78 Å². The second-order valence-corrected chi connectivity index (χ2v) is 6.40. The molecule has 0 radical (unpaired) electrons. The number of pyridine rings is 1. The number of carbonyl (C=O) groups excluding carboxylic acids is 1. The van der Waals surface area contributed by atoms with E-state index in [1.807, 2.05) is 42.1 Å². The summed E-state index contributed by atoms with van der Waals surface area (Å²) in [5, 5.41) is 3.10. The zero-order valence-corrected chi connectivity index (χ0v) is 16.3. The van der Waals surface area contributed by atoms with Gasteiger partial charge in [0.25, 0.3) is 0 Å². The van der Waals surface area contributed by atoms with Gasteiger partial charge in [-0.2, -0.15) is 0 Å². The molecule has 7 heteroatoms. The first-order valence-electron chi connectivity index (χ1n) is 8.99. The molecule has 0 spiro atoms. The Hall–Kier alpha value is -3.35. The first-order chi connectivity index (χ1) is 13.6. The van der Waals surface area contributed by atoms with Crippen LogP contribution in [0.4, 0.5) is 0 Å². The van der Waals surface area contributed by atoms with E-state index < -0.39 is 6.04 Å². The van der Waals surface area contributed by atoms with Crippen LogP contribution in [0.25, 0.3) is 0 Å². The fourth-order valence-corrected chi connectivity index (χ4v) is 2.99. The number of hydrogen-bond donors (Lipinski definition) is 1. The molecule has 3 aromatic rings. The van der Waals surface area contributed by atoms with Crippen LogP contribution in [0.15, 0.2) is 55.1 Å². The van der Waals surface area contributed by atoms with Crippen molar-refractivity contribution in [3.05, 3.63) is 72.1 Å². The highest BCUT2D eigenvalue weighted by Crippen LogP contribution is 2.29.